The molecule has 2 aliphatic rings. The van der Waals surface area contributed by atoms with E-state index in [2.05, 4.69) is 22.4 Å². The van der Waals surface area contributed by atoms with Crippen molar-refractivity contribution in [2.45, 2.75) is 56.8 Å². The predicted octanol–water partition coefficient (Wildman–Crippen LogP) is 0.884. The van der Waals surface area contributed by atoms with Crippen LogP contribution in [0.2, 0.25) is 0 Å². The molecular formula is C15H22N4O3. The number of hydrogen-bond donors (Lipinski definition) is 2. The van der Waals surface area contributed by atoms with E-state index in [1.807, 2.05) is 0 Å². The second-order valence-corrected chi connectivity index (χ2v) is 6.37. The molecule has 0 saturated carbocycles. The van der Waals surface area contributed by atoms with Crippen LogP contribution < -0.4 is 5.32 Å². The van der Waals surface area contributed by atoms with E-state index in [1.165, 1.54) is 29.8 Å². The number of hydrogen-bond acceptors (Lipinski definition) is 4. The van der Waals surface area contributed by atoms with Gasteiger partial charge in [0.1, 0.15) is 11.7 Å². The number of carbonyl (C=O) groups excluding carboxylic acids is 1. The van der Waals surface area contributed by atoms with E-state index in [0.717, 1.165) is 12.8 Å². The lowest BCUT2D eigenvalue weighted by Crippen LogP contribution is -2.50. The summed E-state index contributed by atoms with van der Waals surface area (Å²) in [5.74, 6) is -1.24. The average Bonchev–Trinajstić information content (AvgIpc) is 3.02. The summed E-state index contributed by atoms with van der Waals surface area (Å²) in [6, 6.07) is 2.06. The van der Waals surface area contributed by atoms with Crippen LogP contribution in [0.15, 0.2) is 12.3 Å². The van der Waals surface area contributed by atoms with Gasteiger partial charge in [-0.05, 0) is 45.7 Å². The normalized spacial score (nSPS) is 29.3. The minimum atomic E-state index is -1.07. The third-order valence-corrected chi connectivity index (χ3v) is 5.08. The fourth-order valence-electron chi connectivity index (χ4n) is 3.75. The molecule has 2 aliphatic heterocycles. The lowest BCUT2D eigenvalue weighted by Gasteiger charge is -2.37. The molecule has 3 rings (SSSR count). The highest BCUT2D eigenvalue weighted by Gasteiger charge is 2.39. The minimum Gasteiger partial charge on any atom is -0.477 e. The maximum absolute atomic E-state index is 12.4. The molecular weight excluding hydrogens is 284 g/mol. The van der Waals surface area contributed by atoms with Gasteiger partial charge in [-0.25, -0.2) is 9.48 Å². The SMILES string of the molecule is CC(C(=O)NC1CC2CCC(C1)N2C)n1nccc1C(=O)O. The Morgan fingerprint density at radius 2 is 2.00 bits per heavy atom. The zero-order chi connectivity index (χ0) is 15.9. The van der Waals surface area contributed by atoms with Gasteiger partial charge in [-0.3, -0.25) is 4.79 Å². The van der Waals surface area contributed by atoms with Crippen molar-refractivity contribution in [1.82, 2.24) is 20.0 Å². The molecule has 0 aromatic carbocycles. The van der Waals surface area contributed by atoms with Crippen molar-refractivity contribution in [2.75, 3.05) is 7.05 Å². The summed E-state index contributed by atoms with van der Waals surface area (Å²) in [6.07, 6.45) is 5.74. The first-order chi connectivity index (χ1) is 10.5. The van der Waals surface area contributed by atoms with E-state index in [1.54, 1.807) is 6.92 Å². The van der Waals surface area contributed by atoms with E-state index in [4.69, 9.17) is 5.11 Å². The smallest absolute Gasteiger partial charge is 0.354 e. The van der Waals surface area contributed by atoms with Gasteiger partial charge in [0.15, 0.2) is 0 Å². The second kappa shape index (κ2) is 5.72. The molecule has 2 bridgehead atoms. The molecule has 3 atom stereocenters. The summed E-state index contributed by atoms with van der Waals surface area (Å²) >= 11 is 0. The van der Waals surface area contributed by atoms with Crippen LogP contribution in [0, 0.1) is 0 Å². The Morgan fingerprint density at radius 1 is 1.36 bits per heavy atom. The molecule has 2 fully saturated rings. The average molecular weight is 306 g/mol. The van der Waals surface area contributed by atoms with Gasteiger partial charge in [0.25, 0.3) is 0 Å². The maximum atomic E-state index is 12.4. The number of amides is 1. The van der Waals surface area contributed by atoms with E-state index >= 15 is 0 Å². The third-order valence-electron chi connectivity index (χ3n) is 5.08. The highest BCUT2D eigenvalue weighted by molar-refractivity contribution is 5.87. The molecule has 3 unspecified atom stereocenters. The summed E-state index contributed by atoms with van der Waals surface area (Å²) in [5.41, 5.74) is 0.0334. The van der Waals surface area contributed by atoms with E-state index < -0.39 is 12.0 Å². The van der Waals surface area contributed by atoms with Crippen LogP contribution in [0.5, 0.6) is 0 Å². The van der Waals surface area contributed by atoms with E-state index in [9.17, 15) is 9.59 Å². The van der Waals surface area contributed by atoms with Crippen LogP contribution >= 0.6 is 0 Å². The van der Waals surface area contributed by atoms with Gasteiger partial charge < -0.3 is 15.3 Å². The van der Waals surface area contributed by atoms with Gasteiger partial charge >= 0.3 is 5.97 Å². The third kappa shape index (κ3) is 2.61. The zero-order valence-corrected chi connectivity index (χ0v) is 12.9. The molecule has 0 aliphatic carbocycles. The number of fused-ring (bicyclic) bond motifs is 2. The molecule has 7 nitrogen and oxygen atoms in total. The fourth-order valence-corrected chi connectivity index (χ4v) is 3.75. The van der Waals surface area contributed by atoms with Crippen LogP contribution in [-0.4, -0.2) is 56.8 Å². The Bertz CT molecular complexity index is 571. The van der Waals surface area contributed by atoms with Crippen molar-refractivity contribution in [3.63, 3.8) is 0 Å². The van der Waals surface area contributed by atoms with Gasteiger partial charge in [0.2, 0.25) is 5.91 Å². The molecule has 0 spiro atoms. The van der Waals surface area contributed by atoms with Crippen LogP contribution in [0.25, 0.3) is 0 Å². The number of piperidine rings is 1. The highest BCUT2D eigenvalue weighted by Crippen LogP contribution is 2.34. The maximum Gasteiger partial charge on any atom is 0.354 e. The number of carboxylic acids is 1. The summed E-state index contributed by atoms with van der Waals surface area (Å²) in [4.78, 5) is 26.0. The fraction of sp³-hybridized carbons (Fsp3) is 0.667. The highest BCUT2D eigenvalue weighted by atomic mass is 16.4. The first-order valence-corrected chi connectivity index (χ1v) is 7.76. The Labute approximate surface area is 129 Å². The summed E-state index contributed by atoms with van der Waals surface area (Å²) in [5, 5.41) is 16.2. The van der Waals surface area contributed by atoms with Crippen molar-refractivity contribution < 1.29 is 14.7 Å². The lowest BCUT2D eigenvalue weighted by atomic mass is 9.98. The van der Waals surface area contributed by atoms with Crippen LogP contribution in [-0.2, 0) is 4.79 Å². The zero-order valence-electron chi connectivity index (χ0n) is 12.9. The van der Waals surface area contributed by atoms with Crippen molar-refractivity contribution in [3.05, 3.63) is 18.0 Å². The summed E-state index contributed by atoms with van der Waals surface area (Å²) < 4.78 is 1.27. The number of aromatic nitrogens is 2. The minimum absolute atomic E-state index is 0.0334. The molecule has 1 aromatic heterocycles. The molecule has 2 N–H and O–H groups in total. The number of nitrogens with zero attached hydrogens (tertiary/aromatic N) is 3. The number of nitrogens with one attached hydrogen (secondary N) is 1. The largest absolute Gasteiger partial charge is 0.477 e. The molecule has 3 heterocycles. The Balaban J connectivity index is 1.65. The van der Waals surface area contributed by atoms with Crippen LogP contribution in [0.4, 0.5) is 0 Å². The first kappa shape index (κ1) is 15.0. The molecule has 1 aromatic rings. The van der Waals surface area contributed by atoms with Gasteiger partial charge in [-0.2, -0.15) is 5.10 Å². The number of aromatic carboxylic acids is 1. The summed E-state index contributed by atoms with van der Waals surface area (Å²) in [6.45, 7) is 1.68. The lowest BCUT2D eigenvalue weighted by molar-refractivity contribution is -0.125. The molecule has 0 radical (unpaired) electrons. The quantitative estimate of drug-likeness (QED) is 0.862. The van der Waals surface area contributed by atoms with Gasteiger partial charge in [0.05, 0.1) is 0 Å². The second-order valence-electron chi connectivity index (χ2n) is 6.37. The van der Waals surface area contributed by atoms with Gasteiger partial charge in [-0.15, -0.1) is 0 Å². The van der Waals surface area contributed by atoms with Gasteiger partial charge in [0, 0.05) is 24.3 Å². The molecule has 22 heavy (non-hydrogen) atoms. The number of rotatable bonds is 4. The number of carbonyl (C=O) groups is 2. The van der Waals surface area contributed by atoms with Crippen LogP contribution in [0.1, 0.15) is 49.1 Å². The van der Waals surface area contributed by atoms with Crippen LogP contribution in [0.3, 0.4) is 0 Å². The first-order valence-electron chi connectivity index (χ1n) is 7.76. The van der Waals surface area contributed by atoms with Crippen molar-refractivity contribution in [2.24, 2.45) is 0 Å². The Morgan fingerprint density at radius 3 is 2.59 bits per heavy atom. The van der Waals surface area contributed by atoms with Gasteiger partial charge in [-0.1, -0.05) is 0 Å². The van der Waals surface area contributed by atoms with Crippen molar-refractivity contribution in [1.29, 1.82) is 0 Å². The standard InChI is InChI=1S/C15H22N4O3/c1-9(19-13(15(21)22)5-6-16-19)14(20)17-10-7-11-3-4-12(8-10)18(11)2/h5-6,9-12H,3-4,7-8H2,1-2H3,(H,17,20)(H,21,22). The Kier molecular flexibility index (Phi) is 3.90. The monoisotopic (exact) mass is 306 g/mol. The Hall–Kier alpha value is -1.89. The van der Waals surface area contributed by atoms with Crippen molar-refractivity contribution in [3.8, 4) is 0 Å². The summed E-state index contributed by atoms with van der Waals surface area (Å²) in [7, 11) is 2.16. The molecule has 2 saturated heterocycles. The van der Waals surface area contributed by atoms with Crippen molar-refractivity contribution >= 4 is 11.9 Å². The molecule has 1 amide bonds. The predicted molar refractivity (Wildman–Crippen MR) is 79.6 cm³/mol. The number of carboxylic acid groups (broad SMARTS) is 1. The molecule has 7 heteroatoms. The van der Waals surface area contributed by atoms with E-state index in [0.29, 0.717) is 12.1 Å². The topological polar surface area (TPSA) is 87.5 Å². The molecule has 120 valence electrons. The van der Waals surface area contributed by atoms with E-state index in [-0.39, 0.29) is 17.6 Å².